The molecule has 1 aliphatic rings. The number of benzene rings is 1. The molecule has 1 heterocycles. The number of methoxy groups -OCH3 is 1. The van der Waals surface area contributed by atoms with Crippen molar-refractivity contribution in [1.29, 1.82) is 0 Å². The van der Waals surface area contributed by atoms with Gasteiger partial charge in [-0.2, -0.15) is 0 Å². The summed E-state index contributed by atoms with van der Waals surface area (Å²) in [5.74, 6) is 0.00719. The molecule has 1 N–H and O–H groups in total. The van der Waals surface area contributed by atoms with E-state index in [9.17, 15) is 13.2 Å². The molecule has 0 saturated carbocycles. The predicted octanol–water partition coefficient (Wildman–Crippen LogP) is 1.57. The minimum absolute atomic E-state index is 0.00719. The van der Waals surface area contributed by atoms with Crippen LogP contribution in [0.1, 0.15) is 31.2 Å². The predicted molar refractivity (Wildman–Crippen MR) is 97.8 cm³/mol. The number of nitrogens with zero attached hydrogens (tertiary/aromatic N) is 1. The molecule has 140 valence electrons. The fourth-order valence-electron chi connectivity index (χ4n) is 3.24. The van der Waals surface area contributed by atoms with Crippen molar-refractivity contribution in [3.8, 4) is 0 Å². The van der Waals surface area contributed by atoms with Crippen molar-refractivity contribution in [2.75, 3.05) is 33.1 Å². The second-order valence-electron chi connectivity index (χ2n) is 6.72. The number of aryl methyl sites for hydroxylation is 1. The molecule has 0 aromatic heterocycles. The van der Waals surface area contributed by atoms with Crippen molar-refractivity contribution < 1.29 is 17.9 Å². The van der Waals surface area contributed by atoms with Crippen LogP contribution in [0.4, 0.5) is 0 Å². The maximum absolute atomic E-state index is 12.4. The maximum atomic E-state index is 12.4. The van der Waals surface area contributed by atoms with E-state index in [1.165, 1.54) is 10.6 Å². The van der Waals surface area contributed by atoms with Gasteiger partial charge in [-0.1, -0.05) is 30.3 Å². The third-order valence-corrected chi connectivity index (χ3v) is 6.12. The SMILES string of the molecule is COCCC1(NC(=O)CCc2ccccc2)CCN(S(C)(=O)=O)CC1. The topological polar surface area (TPSA) is 75.7 Å². The zero-order chi connectivity index (χ0) is 18.3. The first-order valence-electron chi connectivity index (χ1n) is 8.64. The molecule has 7 heteroatoms. The van der Waals surface area contributed by atoms with Gasteiger partial charge in [-0.05, 0) is 31.2 Å². The number of nitrogens with one attached hydrogen (secondary N) is 1. The van der Waals surface area contributed by atoms with Crippen LogP contribution in [-0.2, 0) is 26.0 Å². The Morgan fingerprint density at radius 1 is 1.24 bits per heavy atom. The fraction of sp³-hybridized carbons (Fsp3) is 0.611. The molecule has 25 heavy (non-hydrogen) atoms. The van der Waals surface area contributed by atoms with Crippen molar-refractivity contribution in [1.82, 2.24) is 9.62 Å². The number of amides is 1. The third-order valence-electron chi connectivity index (χ3n) is 4.82. The van der Waals surface area contributed by atoms with Crippen molar-refractivity contribution in [2.24, 2.45) is 0 Å². The lowest BCUT2D eigenvalue weighted by atomic mass is 9.85. The molecule has 0 atom stereocenters. The molecule has 1 saturated heterocycles. The normalized spacial score (nSPS) is 18.0. The number of hydrogen-bond donors (Lipinski definition) is 1. The van der Waals surface area contributed by atoms with Crippen LogP contribution in [0.3, 0.4) is 0 Å². The molecule has 1 fully saturated rings. The lowest BCUT2D eigenvalue weighted by Crippen LogP contribution is -2.56. The lowest BCUT2D eigenvalue weighted by molar-refractivity contribution is -0.123. The molecular weight excluding hydrogens is 340 g/mol. The van der Waals surface area contributed by atoms with Crippen molar-refractivity contribution in [3.63, 3.8) is 0 Å². The first-order chi connectivity index (χ1) is 11.8. The molecule has 1 aromatic carbocycles. The van der Waals surface area contributed by atoms with Crippen LogP contribution < -0.4 is 5.32 Å². The van der Waals surface area contributed by atoms with E-state index in [-0.39, 0.29) is 11.4 Å². The number of carbonyl (C=O) groups excluding carboxylic acids is 1. The van der Waals surface area contributed by atoms with E-state index >= 15 is 0 Å². The highest BCUT2D eigenvalue weighted by Gasteiger charge is 2.37. The molecule has 0 radical (unpaired) electrons. The van der Waals surface area contributed by atoms with Gasteiger partial charge in [0.15, 0.2) is 0 Å². The lowest BCUT2D eigenvalue weighted by Gasteiger charge is -2.41. The summed E-state index contributed by atoms with van der Waals surface area (Å²) in [5, 5.41) is 3.17. The van der Waals surface area contributed by atoms with Crippen molar-refractivity contribution in [2.45, 2.75) is 37.6 Å². The molecule has 6 nitrogen and oxygen atoms in total. The van der Waals surface area contributed by atoms with E-state index in [0.717, 1.165) is 5.56 Å². The number of ether oxygens (including phenoxy) is 1. The van der Waals surface area contributed by atoms with E-state index in [4.69, 9.17) is 4.74 Å². The van der Waals surface area contributed by atoms with Crippen LogP contribution in [-0.4, -0.2) is 57.2 Å². The van der Waals surface area contributed by atoms with Crippen LogP contribution in [0.15, 0.2) is 30.3 Å². The highest BCUT2D eigenvalue weighted by atomic mass is 32.2. The zero-order valence-electron chi connectivity index (χ0n) is 15.0. The molecule has 0 unspecified atom stereocenters. The summed E-state index contributed by atoms with van der Waals surface area (Å²) in [4.78, 5) is 12.4. The Hall–Kier alpha value is -1.44. The van der Waals surface area contributed by atoms with Crippen molar-refractivity contribution in [3.05, 3.63) is 35.9 Å². The van der Waals surface area contributed by atoms with Crippen LogP contribution in [0.5, 0.6) is 0 Å². The van der Waals surface area contributed by atoms with Gasteiger partial charge in [-0.15, -0.1) is 0 Å². The summed E-state index contributed by atoms with van der Waals surface area (Å²) in [5.41, 5.74) is 0.751. The zero-order valence-corrected chi connectivity index (χ0v) is 15.8. The minimum Gasteiger partial charge on any atom is -0.385 e. The quantitative estimate of drug-likeness (QED) is 0.756. The van der Waals surface area contributed by atoms with Gasteiger partial charge in [-0.25, -0.2) is 12.7 Å². The molecule has 0 spiro atoms. The summed E-state index contributed by atoms with van der Waals surface area (Å²) in [6.07, 6.45) is 4.27. The summed E-state index contributed by atoms with van der Waals surface area (Å²) in [7, 11) is -1.55. The van der Waals surface area contributed by atoms with Crippen LogP contribution in [0.2, 0.25) is 0 Å². The number of hydrogen-bond acceptors (Lipinski definition) is 4. The number of carbonyl (C=O) groups is 1. The standard InChI is InChI=1S/C18H28N2O4S/c1-24-15-12-18(10-13-20(14-11-18)25(2,22)23)19-17(21)9-8-16-6-4-3-5-7-16/h3-7H,8-15H2,1-2H3,(H,19,21). The average molecular weight is 368 g/mol. The highest BCUT2D eigenvalue weighted by Crippen LogP contribution is 2.27. The van der Waals surface area contributed by atoms with Gasteiger partial charge in [-0.3, -0.25) is 4.79 Å². The molecular formula is C18H28N2O4S. The third kappa shape index (κ3) is 6.09. The fourth-order valence-corrected chi connectivity index (χ4v) is 4.09. The summed E-state index contributed by atoms with van der Waals surface area (Å²) >= 11 is 0. The maximum Gasteiger partial charge on any atom is 0.220 e. The molecule has 0 bridgehead atoms. The van der Waals surface area contributed by atoms with Crippen LogP contribution in [0.25, 0.3) is 0 Å². The number of piperidine rings is 1. The van der Waals surface area contributed by atoms with Gasteiger partial charge in [0.2, 0.25) is 15.9 Å². The van der Waals surface area contributed by atoms with Crippen LogP contribution in [0, 0.1) is 0 Å². The van der Waals surface area contributed by atoms with Gasteiger partial charge >= 0.3 is 0 Å². The van der Waals surface area contributed by atoms with Gasteiger partial charge < -0.3 is 10.1 Å². The van der Waals surface area contributed by atoms with Gasteiger partial charge in [0.25, 0.3) is 0 Å². The summed E-state index contributed by atoms with van der Waals surface area (Å²) in [6.45, 7) is 1.40. The minimum atomic E-state index is -3.18. The molecule has 1 aromatic rings. The monoisotopic (exact) mass is 368 g/mol. The van der Waals surface area contributed by atoms with Crippen LogP contribution >= 0.6 is 0 Å². The Balaban J connectivity index is 1.94. The highest BCUT2D eigenvalue weighted by molar-refractivity contribution is 7.88. The average Bonchev–Trinajstić information content (AvgIpc) is 2.59. The van der Waals surface area contributed by atoms with Gasteiger partial charge in [0.1, 0.15) is 0 Å². The van der Waals surface area contributed by atoms with E-state index in [0.29, 0.717) is 51.8 Å². The Morgan fingerprint density at radius 3 is 2.44 bits per heavy atom. The van der Waals surface area contributed by atoms with Crippen molar-refractivity contribution >= 4 is 15.9 Å². The summed E-state index contributed by atoms with van der Waals surface area (Å²) in [6, 6.07) is 9.92. The van der Waals surface area contributed by atoms with Gasteiger partial charge in [0, 0.05) is 38.8 Å². The molecule has 1 aliphatic heterocycles. The van der Waals surface area contributed by atoms with E-state index in [1.807, 2.05) is 30.3 Å². The van der Waals surface area contributed by atoms with E-state index < -0.39 is 10.0 Å². The Labute approximate surface area is 150 Å². The Morgan fingerprint density at radius 2 is 1.88 bits per heavy atom. The largest absolute Gasteiger partial charge is 0.385 e. The Bertz CT molecular complexity index is 653. The number of rotatable bonds is 8. The second kappa shape index (κ2) is 8.78. The first-order valence-corrected chi connectivity index (χ1v) is 10.5. The van der Waals surface area contributed by atoms with E-state index in [1.54, 1.807) is 7.11 Å². The Kier molecular flexibility index (Phi) is 6.98. The van der Waals surface area contributed by atoms with Gasteiger partial charge in [0.05, 0.1) is 6.26 Å². The molecule has 0 aliphatic carbocycles. The van der Waals surface area contributed by atoms with E-state index in [2.05, 4.69) is 5.32 Å². The first kappa shape index (κ1) is 19.9. The molecule has 2 rings (SSSR count). The molecule has 1 amide bonds. The number of sulfonamides is 1. The second-order valence-corrected chi connectivity index (χ2v) is 8.70. The summed E-state index contributed by atoms with van der Waals surface area (Å²) < 4.78 is 30.1. The smallest absolute Gasteiger partial charge is 0.220 e.